The molecule has 4 heteroatoms. The molecule has 0 bridgehead atoms. The lowest BCUT2D eigenvalue weighted by molar-refractivity contribution is 0.431. The van der Waals surface area contributed by atoms with Crippen molar-refractivity contribution < 1.29 is 4.42 Å². The maximum absolute atomic E-state index is 6.19. The van der Waals surface area contributed by atoms with E-state index >= 15 is 0 Å². The molecule has 1 aromatic heterocycles. The summed E-state index contributed by atoms with van der Waals surface area (Å²) in [6, 6.07) is 9.94. The fourth-order valence-corrected chi connectivity index (χ4v) is 2.49. The van der Waals surface area contributed by atoms with Crippen LogP contribution in [0.15, 0.2) is 39.2 Å². The lowest BCUT2D eigenvalue weighted by Crippen LogP contribution is -2.14. The molecule has 0 aliphatic rings. The zero-order valence-corrected chi connectivity index (χ0v) is 12.7. The van der Waals surface area contributed by atoms with Gasteiger partial charge in [-0.05, 0) is 43.8 Å². The average Bonchev–Trinajstić information content (AvgIpc) is 2.83. The van der Waals surface area contributed by atoms with Crippen LogP contribution in [0.4, 0.5) is 0 Å². The summed E-state index contributed by atoms with van der Waals surface area (Å²) in [6.07, 6.45) is 0.982. The van der Waals surface area contributed by atoms with Crippen LogP contribution in [-0.2, 0) is 0 Å². The maximum Gasteiger partial charge on any atom is 0.135 e. The van der Waals surface area contributed by atoms with Gasteiger partial charge in [0, 0.05) is 10.0 Å². The van der Waals surface area contributed by atoms with Crippen LogP contribution in [0.25, 0.3) is 11.3 Å². The van der Waals surface area contributed by atoms with Crippen LogP contribution in [0.2, 0.25) is 5.02 Å². The fourth-order valence-electron chi connectivity index (χ4n) is 1.92. The molecule has 0 saturated heterocycles. The minimum absolute atomic E-state index is 0.240. The molecule has 2 nitrogen and oxygen atoms in total. The number of furan rings is 1. The maximum atomic E-state index is 6.19. The van der Waals surface area contributed by atoms with Gasteiger partial charge in [-0.15, -0.1) is 0 Å². The van der Waals surface area contributed by atoms with Gasteiger partial charge < -0.3 is 9.73 Å². The standard InChI is InChI=1S/C14H15BrClNO/c1-3-12(17-2)14-7-6-13(18-14)10-8-9(15)4-5-11(10)16/h4-8,12,17H,3H2,1-2H3. The summed E-state index contributed by atoms with van der Waals surface area (Å²) in [4.78, 5) is 0. The molecule has 0 aliphatic carbocycles. The Morgan fingerprint density at radius 1 is 1.33 bits per heavy atom. The highest BCUT2D eigenvalue weighted by Crippen LogP contribution is 2.33. The minimum atomic E-state index is 0.240. The van der Waals surface area contributed by atoms with Gasteiger partial charge in [-0.1, -0.05) is 34.5 Å². The van der Waals surface area contributed by atoms with E-state index in [1.54, 1.807) is 0 Å². The largest absolute Gasteiger partial charge is 0.459 e. The highest BCUT2D eigenvalue weighted by atomic mass is 79.9. The molecule has 2 aromatic rings. The zero-order valence-electron chi connectivity index (χ0n) is 10.3. The van der Waals surface area contributed by atoms with Crippen LogP contribution in [0.5, 0.6) is 0 Å². The molecule has 96 valence electrons. The zero-order chi connectivity index (χ0) is 13.1. The highest BCUT2D eigenvalue weighted by molar-refractivity contribution is 9.10. The third-order valence-electron chi connectivity index (χ3n) is 2.92. The molecule has 1 heterocycles. The molecule has 0 amide bonds. The summed E-state index contributed by atoms with van der Waals surface area (Å²) in [6.45, 7) is 2.12. The number of benzene rings is 1. The predicted octanol–water partition coefficient (Wildman–Crippen LogP) is 5.03. The van der Waals surface area contributed by atoms with Gasteiger partial charge >= 0.3 is 0 Å². The number of hydrogen-bond acceptors (Lipinski definition) is 2. The van der Waals surface area contributed by atoms with E-state index in [0.29, 0.717) is 5.02 Å². The summed E-state index contributed by atoms with van der Waals surface area (Å²) in [7, 11) is 1.93. The van der Waals surface area contributed by atoms with Gasteiger partial charge in [0.1, 0.15) is 11.5 Å². The van der Waals surface area contributed by atoms with Crippen molar-refractivity contribution in [3.05, 3.63) is 45.6 Å². The molecular weight excluding hydrogens is 314 g/mol. The summed E-state index contributed by atoms with van der Waals surface area (Å²) in [5.74, 6) is 1.73. The second kappa shape index (κ2) is 5.91. The summed E-state index contributed by atoms with van der Waals surface area (Å²) >= 11 is 9.63. The Bertz CT molecular complexity index is 534. The van der Waals surface area contributed by atoms with E-state index in [2.05, 4.69) is 28.2 Å². The van der Waals surface area contributed by atoms with Gasteiger partial charge in [-0.2, -0.15) is 0 Å². The Morgan fingerprint density at radius 3 is 2.78 bits per heavy atom. The van der Waals surface area contributed by atoms with Gasteiger partial charge in [0.05, 0.1) is 11.1 Å². The molecule has 0 radical (unpaired) electrons. The van der Waals surface area contributed by atoms with E-state index in [4.69, 9.17) is 16.0 Å². The van der Waals surface area contributed by atoms with Crippen LogP contribution in [0.3, 0.4) is 0 Å². The first kappa shape index (κ1) is 13.7. The van der Waals surface area contributed by atoms with E-state index in [1.807, 2.05) is 37.4 Å². The number of nitrogens with one attached hydrogen (secondary N) is 1. The highest BCUT2D eigenvalue weighted by Gasteiger charge is 2.14. The van der Waals surface area contributed by atoms with Crippen molar-refractivity contribution in [3.8, 4) is 11.3 Å². The first-order chi connectivity index (χ1) is 8.65. The Kier molecular flexibility index (Phi) is 4.49. The third-order valence-corrected chi connectivity index (χ3v) is 3.74. The van der Waals surface area contributed by atoms with Gasteiger partial charge in [0.25, 0.3) is 0 Å². The molecule has 0 fully saturated rings. The lowest BCUT2D eigenvalue weighted by Gasteiger charge is -2.10. The number of halogens is 2. The molecule has 0 saturated carbocycles. The van der Waals surface area contributed by atoms with Crippen LogP contribution in [0.1, 0.15) is 25.1 Å². The first-order valence-electron chi connectivity index (χ1n) is 5.88. The molecule has 1 aromatic carbocycles. The second-order valence-corrected chi connectivity index (χ2v) is 5.40. The van der Waals surface area contributed by atoms with Crippen molar-refractivity contribution in [3.63, 3.8) is 0 Å². The molecule has 2 rings (SSSR count). The molecule has 0 spiro atoms. The monoisotopic (exact) mass is 327 g/mol. The van der Waals surface area contributed by atoms with E-state index in [-0.39, 0.29) is 6.04 Å². The van der Waals surface area contributed by atoms with Crippen molar-refractivity contribution in [1.29, 1.82) is 0 Å². The van der Waals surface area contributed by atoms with Crippen molar-refractivity contribution >= 4 is 27.5 Å². The normalized spacial score (nSPS) is 12.7. The van der Waals surface area contributed by atoms with E-state index < -0.39 is 0 Å². The SMILES string of the molecule is CCC(NC)c1ccc(-c2cc(Br)ccc2Cl)o1. The predicted molar refractivity (Wildman–Crippen MR) is 78.9 cm³/mol. The van der Waals surface area contributed by atoms with E-state index in [0.717, 1.165) is 28.0 Å². The van der Waals surface area contributed by atoms with E-state index in [9.17, 15) is 0 Å². The van der Waals surface area contributed by atoms with Crippen molar-refractivity contribution in [1.82, 2.24) is 5.32 Å². The topological polar surface area (TPSA) is 25.2 Å². The Hall–Kier alpha value is -0.770. The second-order valence-electron chi connectivity index (χ2n) is 4.08. The number of hydrogen-bond donors (Lipinski definition) is 1. The quantitative estimate of drug-likeness (QED) is 0.851. The summed E-state index contributed by atoms with van der Waals surface area (Å²) in [5, 5.41) is 3.91. The minimum Gasteiger partial charge on any atom is -0.459 e. The number of rotatable bonds is 4. The summed E-state index contributed by atoms with van der Waals surface area (Å²) < 4.78 is 6.87. The van der Waals surface area contributed by atoms with Crippen LogP contribution < -0.4 is 5.32 Å². The Labute approximate surface area is 120 Å². The average molecular weight is 329 g/mol. The lowest BCUT2D eigenvalue weighted by atomic mass is 10.1. The fraction of sp³-hybridized carbons (Fsp3) is 0.286. The molecule has 18 heavy (non-hydrogen) atoms. The van der Waals surface area contributed by atoms with Crippen LogP contribution in [-0.4, -0.2) is 7.05 Å². The van der Waals surface area contributed by atoms with Gasteiger partial charge in [0.15, 0.2) is 0 Å². The third kappa shape index (κ3) is 2.79. The first-order valence-corrected chi connectivity index (χ1v) is 7.05. The summed E-state index contributed by atoms with van der Waals surface area (Å²) in [5.41, 5.74) is 0.906. The molecule has 1 atom stereocenters. The van der Waals surface area contributed by atoms with Crippen molar-refractivity contribution in [2.75, 3.05) is 7.05 Å². The Balaban J connectivity index is 2.37. The molecule has 0 aliphatic heterocycles. The Morgan fingerprint density at radius 2 is 2.11 bits per heavy atom. The van der Waals surface area contributed by atoms with Crippen molar-refractivity contribution in [2.45, 2.75) is 19.4 Å². The smallest absolute Gasteiger partial charge is 0.135 e. The van der Waals surface area contributed by atoms with Crippen molar-refractivity contribution in [2.24, 2.45) is 0 Å². The van der Waals surface area contributed by atoms with Gasteiger partial charge in [0.2, 0.25) is 0 Å². The van der Waals surface area contributed by atoms with Crippen LogP contribution >= 0.6 is 27.5 Å². The van der Waals surface area contributed by atoms with Gasteiger partial charge in [-0.25, -0.2) is 0 Å². The molecule has 1 unspecified atom stereocenters. The van der Waals surface area contributed by atoms with Crippen LogP contribution in [0, 0.1) is 0 Å². The van der Waals surface area contributed by atoms with Gasteiger partial charge in [-0.3, -0.25) is 0 Å². The molecular formula is C14H15BrClNO. The van der Waals surface area contributed by atoms with E-state index in [1.165, 1.54) is 0 Å². The molecule has 1 N–H and O–H groups in total.